The number of β-amino-alcohol motifs (C(OH)–C–C–N with tert-alkyl or cyclic N) is 1. The first-order valence-electron chi connectivity index (χ1n) is 12.6. The summed E-state index contributed by atoms with van der Waals surface area (Å²) in [6.45, 7) is 3.50. The largest absolute Gasteiger partial charge is 0.389 e. The zero-order chi connectivity index (χ0) is 24.9. The minimum absolute atomic E-state index is 0.0980. The first kappa shape index (κ1) is 24.6. The molecule has 36 heavy (non-hydrogen) atoms. The molecule has 3 fully saturated rings. The van der Waals surface area contributed by atoms with Gasteiger partial charge in [-0.3, -0.25) is 14.6 Å². The van der Waals surface area contributed by atoms with Gasteiger partial charge in [0.1, 0.15) is 11.8 Å². The van der Waals surface area contributed by atoms with Crippen molar-refractivity contribution in [1.82, 2.24) is 19.8 Å². The van der Waals surface area contributed by atoms with Crippen molar-refractivity contribution in [2.75, 3.05) is 50.8 Å². The van der Waals surface area contributed by atoms with Crippen molar-refractivity contribution in [3.05, 3.63) is 54.6 Å². The van der Waals surface area contributed by atoms with Crippen molar-refractivity contribution in [1.29, 1.82) is 0 Å². The predicted octanol–water partition coefficient (Wildman–Crippen LogP) is 0.965. The summed E-state index contributed by atoms with van der Waals surface area (Å²) < 4.78 is 12.0. The van der Waals surface area contributed by atoms with Gasteiger partial charge in [-0.2, -0.15) is 0 Å². The minimum Gasteiger partial charge on any atom is -0.389 e. The topological polar surface area (TPSA) is 108 Å². The Morgan fingerprint density at radius 2 is 1.83 bits per heavy atom. The second-order valence-corrected chi connectivity index (χ2v) is 9.59. The van der Waals surface area contributed by atoms with Crippen LogP contribution in [0.5, 0.6) is 0 Å². The van der Waals surface area contributed by atoms with E-state index in [1.165, 1.54) is 24.3 Å². The first-order valence-corrected chi connectivity index (χ1v) is 12.6. The van der Waals surface area contributed by atoms with Crippen molar-refractivity contribution in [3.8, 4) is 0 Å². The van der Waals surface area contributed by atoms with Crippen molar-refractivity contribution >= 4 is 17.5 Å². The molecule has 5 rings (SSSR count). The summed E-state index contributed by atoms with van der Waals surface area (Å²) in [5, 5.41) is 10.3. The summed E-state index contributed by atoms with van der Waals surface area (Å²) in [5.74, 6) is -0.186. The third-order valence-electron chi connectivity index (χ3n) is 7.18. The average Bonchev–Trinajstić information content (AvgIpc) is 2.92. The number of hydrogen-bond donors (Lipinski definition) is 1. The molecule has 3 aliphatic heterocycles. The van der Waals surface area contributed by atoms with Crippen LogP contribution in [0.25, 0.3) is 0 Å². The summed E-state index contributed by atoms with van der Waals surface area (Å²) in [7, 11) is 0. The molecule has 1 aromatic carbocycles. The zero-order valence-electron chi connectivity index (χ0n) is 20.3. The molecule has 0 saturated carbocycles. The molecule has 2 amide bonds. The second-order valence-electron chi connectivity index (χ2n) is 9.59. The molecular formula is C26H33N5O5. The smallest absolute Gasteiger partial charge is 0.274 e. The van der Waals surface area contributed by atoms with Crippen LogP contribution in [0.3, 0.4) is 0 Å². The van der Waals surface area contributed by atoms with Gasteiger partial charge in [0.15, 0.2) is 0 Å². The van der Waals surface area contributed by atoms with Crippen molar-refractivity contribution in [3.63, 3.8) is 0 Å². The summed E-state index contributed by atoms with van der Waals surface area (Å²) in [6.07, 6.45) is 4.66. The number of aliphatic hydroxyl groups excluding tert-OH is 1. The van der Waals surface area contributed by atoms with E-state index >= 15 is 0 Å². The van der Waals surface area contributed by atoms with Crippen LogP contribution in [0, 0.1) is 0 Å². The molecule has 4 atom stereocenters. The van der Waals surface area contributed by atoms with Crippen molar-refractivity contribution in [2.24, 2.45) is 0 Å². The zero-order valence-corrected chi connectivity index (χ0v) is 20.3. The van der Waals surface area contributed by atoms with E-state index in [2.05, 4.69) is 27.0 Å². The highest BCUT2D eigenvalue weighted by Gasteiger charge is 2.41. The lowest BCUT2D eigenvalue weighted by molar-refractivity contribution is -0.155. The number of nitrogens with zero attached hydrogens (tertiary/aromatic N) is 5. The van der Waals surface area contributed by atoms with E-state index in [0.717, 1.165) is 13.1 Å². The van der Waals surface area contributed by atoms with Crippen molar-refractivity contribution in [2.45, 2.75) is 43.6 Å². The van der Waals surface area contributed by atoms with Gasteiger partial charge >= 0.3 is 0 Å². The van der Waals surface area contributed by atoms with Gasteiger partial charge in [0.2, 0.25) is 5.91 Å². The number of rotatable bonds is 4. The average molecular weight is 496 g/mol. The van der Waals surface area contributed by atoms with Gasteiger partial charge < -0.3 is 29.3 Å². The number of benzene rings is 1. The van der Waals surface area contributed by atoms with Gasteiger partial charge in [-0.05, 0) is 25.0 Å². The molecule has 0 unspecified atom stereocenters. The normalized spacial score (nSPS) is 27.1. The van der Waals surface area contributed by atoms with Gasteiger partial charge in [-0.1, -0.05) is 18.2 Å². The molecule has 4 heterocycles. The van der Waals surface area contributed by atoms with Crippen LogP contribution < -0.4 is 4.90 Å². The molecule has 0 radical (unpaired) electrons. The number of aromatic nitrogens is 2. The number of carbonyl (C=O) groups excluding carboxylic acids is 2. The monoisotopic (exact) mass is 495 g/mol. The summed E-state index contributed by atoms with van der Waals surface area (Å²) in [6, 6.07) is 9.99. The summed E-state index contributed by atoms with van der Waals surface area (Å²) in [4.78, 5) is 40.3. The van der Waals surface area contributed by atoms with E-state index in [0.29, 0.717) is 32.4 Å². The number of anilines is 1. The standard InChI is InChI=1S/C26H33N5O5/c32-20-16-31(26(34)22-15-27-8-9-28-22)23-7-6-21(36-24(23)18-35-17-20)14-25(33)30-12-10-29(11-13-30)19-4-2-1-3-5-19/h1-5,8-9,15,20-21,23-24,32H,6-7,10-14,16-18H2/t20-,21-,23+,24-/m1/s1. The Hall–Kier alpha value is -3.08. The Morgan fingerprint density at radius 3 is 2.58 bits per heavy atom. The molecule has 10 nitrogen and oxygen atoms in total. The fraction of sp³-hybridized carbons (Fsp3) is 0.538. The van der Waals surface area contributed by atoms with Crippen LogP contribution in [0.4, 0.5) is 5.69 Å². The number of ether oxygens (including phenoxy) is 2. The van der Waals surface area contributed by atoms with E-state index in [4.69, 9.17) is 9.47 Å². The second kappa shape index (κ2) is 11.3. The summed E-state index contributed by atoms with van der Waals surface area (Å²) in [5.41, 5.74) is 1.41. The van der Waals surface area contributed by atoms with Crippen LogP contribution in [0.2, 0.25) is 0 Å². The molecule has 1 aromatic heterocycles. The van der Waals surface area contributed by atoms with Crippen LogP contribution >= 0.6 is 0 Å². The Labute approximate surface area is 210 Å². The van der Waals surface area contributed by atoms with Gasteiger partial charge in [0.05, 0.1) is 44.1 Å². The number of hydrogen-bond acceptors (Lipinski definition) is 8. The van der Waals surface area contributed by atoms with Crippen molar-refractivity contribution < 1.29 is 24.2 Å². The van der Waals surface area contributed by atoms with E-state index in [1.807, 2.05) is 23.1 Å². The highest BCUT2D eigenvalue weighted by molar-refractivity contribution is 5.92. The quantitative estimate of drug-likeness (QED) is 0.669. The molecule has 0 aliphatic carbocycles. The molecule has 3 aliphatic rings. The third kappa shape index (κ3) is 5.66. The Morgan fingerprint density at radius 1 is 1.03 bits per heavy atom. The van der Waals surface area contributed by atoms with Gasteiger partial charge in [-0.25, -0.2) is 4.98 Å². The third-order valence-corrected chi connectivity index (χ3v) is 7.18. The van der Waals surface area contributed by atoms with E-state index in [-0.39, 0.29) is 55.5 Å². The first-order chi connectivity index (χ1) is 17.6. The fourth-order valence-electron chi connectivity index (χ4n) is 5.31. The molecule has 0 bridgehead atoms. The lowest BCUT2D eigenvalue weighted by Crippen LogP contribution is -2.58. The number of para-hydroxylation sites is 1. The van der Waals surface area contributed by atoms with Crippen LogP contribution in [0.15, 0.2) is 48.9 Å². The number of fused-ring (bicyclic) bond motifs is 1. The molecule has 192 valence electrons. The lowest BCUT2D eigenvalue weighted by atomic mass is 9.94. The predicted molar refractivity (Wildman–Crippen MR) is 131 cm³/mol. The number of carbonyl (C=O) groups is 2. The van der Waals surface area contributed by atoms with E-state index in [1.54, 1.807) is 4.90 Å². The minimum atomic E-state index is -0.791. The fourth-order valence-corrected chi connectivity index (χ4v) is 5.31. The van der Waals surface area contributed by atoms with Crippen LogP contribution in [0.1, 0.15) is 29.8 Å². The Bertz CT molecular complexity index is 1020. The maximum atomic E-state index is 13.2. The highest BCUT2D eigenvalue weighted by atomic mass is 16.5. The number of aliphatic hydroxyl groups is 1. The van der Waals surface area contributed by atoms with Crippen LogP contribution in [-0.2, 0) is 14.3 Å². The maximum absolute atomic E-state index is 13.2. The Kier molecular flexibility index (Phi) is 7.74. The SMILES string of the molecule is O=C(C[C@H]1CC[C@H]2[C@@H](COC[C@H](O)CN2C(=O)c2cnccn2)O1)N1CCN(c2ccccc2)CC1. The lowest BCUT2D eigenvalue weighted by Gasteiger charge is -2.44. The highest BCUT2D eigenvalue weighted by Crippen LogP contribution is 2.29. The van der Waals surface area contributed by atoms with Gasteiger partial charge in [-0.15, -0.1) is 0 Å². The maximum Gasteiger partial charge on any atom is 0.274 e. The van der Waals surface area contributed by atoms with Gasteiger partial charge in [0.25, 0.3) is 5.91 Å². The van der Waals surface area contributed by atoms with E-state index in [9.17, 15) is 14.7 Å². The molecular weight excluding hydrogens is 462 g/mol. The van der Waals surface area contributed by atoms with E-state index < -0.39 is 6.10 Å². The molecule has 0 spiro atoms. The number of amides is 2. The van der Waals surface area contributed by atoms with Gasteiger partial charge in [0, 0.05) is 50.8 Å². The molecule has 1 N–H and O–H groups in total. The molecule has 10 heteroatoms. The molecule has 3 saturated heterocycles. The Balaban J connectivity index is 1.18. The van der Waals surface area contributed by atoms with Crippen LogP contribution in [-0.4, -0.2) is 107 Å². The summed E-state index contributed by atoms with van der Waals surface area (Å²) >= 11 is 0. The molecule has 2 aromatic rings. The number of piperazine rings is 1.